The number of sulfonamides is 1. The van der Waals surface area contributed by atoms with Crippen LogP contribution in [0, 0.1) is 6.92 Å². The second-order valence-corrected chi connectivity index (χ2v) is 11.4. The highest BCUT2D eigenvalue weighted by Gasteiger charge is 2.27. The molecule has 0 saturated carbocycles. The molecule has 1 amide bonds. The molecular weight excluding hydrogens is 492 g/mol. The number of rotatable bonds is 5. The topological polar surface area (TPSA) is 95.5 Å². The predicted molar refractivity (Wildman–Crippen MR) is 144 cm³/mol. The second-order valence-electron chi connectivity index (χ2n) is 8.63. The van der Waals surface area contributed by atoms with Crippen molar-refractivity contribution < 1.29 is 18.3 Å². The van der Waals surface area contributed by atoms with Crippen LogP contribution >= 0.6 is 11.8 Å². The van der Waals surface area contributed by atoms with Gasteiger partial charge in [-0.15, -0.1) is 0 Å². The molecule has 0 saturated heterocycles. The number of aromatic hydroxyl groups is 1. The van der Waals surface area contributed by atoms with Crippen LogP contribution in [0.2, 0.25) is 0 Å². The van der Waals surface area contributed by atoms with Gasteiger partial charge in [-0.3, -0.25) is 9.52 Å². The second kappa shape index (κ2) is 8.29. The van der Waals surface area contributed by atoms with E-state index in [2.05, 4.69) is 10.0 Å². The number of carbonyl (C=O) groups is 1. The molecule has 178 valence electrons. The Morgan fingerprint density at radius 3 is 2.36 bits per heavy atom. The molecule has 1 aliphatic rings. The van der Waals surface area contributed by atoms with Crippen molar-refractivity contribution in [3.8, 4) is 5.75 Å². The van der Waals surface area contributed by atoms with Crippen LogP contribution in [0.15, 0.2) is 99.6 Å². The molecule has 0 aromatic heterocycles. The number of amides is 1. The minimum absolute atomic E-state index is 0.0736. The fraction of sp³-hybridized carbons (Fsp3) is 0.0357. The summed E-state index contributed by atoms with van der Waals surface area (Å²) in [5.74, 6) is -0.158. The third-order valence-electron chi connectivity index (χ3n) is 6.26. The van der Waals surface area contributed by atoms with Crippen molar-refractivity contribution in [1.82, 2.24) is 0 Å². The molecule has 1 heterocycles. The van der Waals surface area contributed by atoms with Crippen molar-refractivity contribution in [3.63, 3.8) is 0 Å². The quantitative estimate of drug-likeness (QED) is 0.233. The summed E-state index contributed by atoms with van der Waals surface area (Å²) in [5, 5.41) is 16.0. The zero-order valence-electron chi connectivity index (χ0n) is 19.1. The van der Waals surface area contributed by atoms with E-state index in [0.29, 0.717) is 43.4 Å². The molecule has 6 nitrogen and oxygen atoms in total. The number of anilines is 2. The summed E-state index contributed by atoms with van der Waals surface area (Å²) in [5.41, 5.74) is 2.52. The molecule has 0 radical (unpaired) electrons. The Morgan fingerprint density at radius 1 is 0.861 bits per heavy atom. The van der Waals surface area contributed by atoms with Gasteiger partial charge in [0.05, 0.1) is 15.5 Å². The summed E-state index contributed by atoms with van der Waals surface area (Å²) in [6.45, 7) is 2.00. The fourth-order valence-electron chi connectivity index (χ4n) is 4.53. The molecular formula is C28H20N2O4S2. The van der Waals surface area contributed by atoms with Gasteiger partial charge in [0.15, 0.2) is 0 Å². The fourth-order valence-corrected chi connectivity index (χ4v) is 6.71. The van der Waals surface area contributed by atoms with Gasteiger partial charge in [0.1, 0.15) is 5.75 Å². The number of fused-ring (bicyclic) bond motifs is 1. The molecule has 5 aromatic carbocycles. The highest BCUT2D eigenvalue weighted by Crippen LogP contribution is 2.43. The van der Waals surface area contributed by atoms with Crippen molar-refractivity contribution >= 4 is 60.6 Å². The Balaban J connectivity index is 1.48. The van der Waals surface area contributed by atoms with Gasteiger partial charge in [-0.25, -0.2) is 8.42 Å². The van der Waals surface area contributed by atoms with E-state index in [1.54, 1.807) is 54.6 Å². The lowest BCUT2D eigenvalue weighted by molar-refractivity contribution is 0.103. The first-order chi connectivity index (χ1) is 17.3. The Kier molecular flexibility index (Phi) is 5.17. The summed E-state index contributed by atoms with van der Waals surface area (Å²) in [7, 11) is -4.04. The summed E-state index contributed by atoms with van der Waals surface area (Å²) in [6, 6.07) is 24.8. The Labute approximate surface area is 212 Å². The van der Waals surface area contributed by atoms with Gasteiger partial charge in [-0.05, 0) is 43.3 Å². The van der Waals surface area contributed by atoms with Crippen LogP contribution in [0.5, 0.6) is 5.75 Å². The van der Waals surface area contributed by atoms with E-state index >= 15 is 0 Å². The van der Waals surface area contributed by atoms with Crippen molar-refractivity contribution in [2.24, 2.45) is 0 Å². The van der Waals surface area contributed by atoms with Crippen LogP contribution in [0.4, 0.5) is 11.4 Å². The molecule has 5 aromatic rings. The number of hydrogen-bond donors (Lipinski definition) is 3. The number of carbonyl (C=O) groups excluding carboxylic acids is 1. The first-order valence-electron chi connectivity index (χ1n) is 11.2. The zero-order valence-corrected chi connectivity index (χ0v) is 20.7. The van der Waals surface area contributed by atoms with E-state index < -0.39 is 10.0 Å². The van der Waals surface area contributed by atoms with Crippen molar-refractivity contribution in [3.05, 3.63) is 96.1 Å². The first-order valence-corrected chi connectivity index (χ1v) is 13.5. The third-order valence-corrected chi connectivity index (χ3v) is 8.72. The molecule has 0 unspecified atom stereocenters. The van der Waals surface area contributed by atoms with Gasteiger partial charge in [0.25, 0.3) is 15.9 Å². The van der Waals surface area contributed by atoms with Gasteiger partial charge < -0.3 is 10.4 Å². The minimum Gasteiger partial charge on any atom is -0.506 e. The van der Waals surface area contributed by atoms with Gasteiger partial charge >= 0.3 is 0 Å². The lowest BCUT2D eigenvalue weighted by Crippen LogP contribution is -2.14. The number of hydrogen-bond acceptors (Lipinski definition) is 5. The average molecular weight is 513 g/mol. The molecule has 0 bridgehead atoms. The molecule has 3 N–H and O–H groups in total. The van der Waals surface area contributed by atoms with Crippen LogP contribution < -0.4 is 10.0 Å². The van der Waals surface area contributed by atoms with Crippen LogP contribution in [-0.4, -0.2) is 19.4 Å². The van der Waals surface area contributed by atoms with Gasteiger partial charge in [0.2, 0.25) is 0 Å². The molecule has 0 fully saturated rings. The van der Waals surface area contributed by atoms with Crippen molar-refractivity contribution in [1.29, 1.82) is 0 Å². The summed E-state index contributed by atoms with van der Waals surface area (Å²) in [6.07, 6.45) is 0. The number of aryl methyl sites for hydroxylation is 1. The highest BCUT2D eigenvalue weighted by molar-refractivity contribution is 7.99. The number of benzene rings is 5. The normalized spacial score (nSPS) is 12.8. The van der Waals surface area contributed by atoms with Crippen LogP contribution in [-0.2, 0) is 10.0 Å². The lowest BCUT2D eigenvalue weighted by atomic mass is 10.1. The SMILES string of the molecule is Cc1ccc(Sc2cc(NS(=O)(=O)c3ccc4c5c(cccc35)C(=O)N4)c3ccccc3c2O)cc1. The van der Waals surface area contributed by atoms with E-state index in [1.165, 1.54) is 17.8 Å². The van der Waals surface area contributed by atoms with Crippen LogP contribution in [0.25, 0.3) is 21.5 Å². The van der Waals surface area contributed by atoms with Crippen molar-refractivity contribution in [2.75, 3.05) is 10.0 Å². The molecule has 0 spiro atoms. The third kappa shape index (κ3) is 3.66. The Bertz CT molecular complexity index is 1810. The van der Waals surface area contributed by atoms with E-state index in [9.17, 15) is 18.3 Å². The maximum atomic E-state index is 13.7. The maximum Gasteiger partial charge on any atom is 0.262 e. The average Bonchev–Trinajstić information content (AvgIpc) is 3.20. The monoisotopic (exact) mass is 512 g/mol. The van der Waals surface area contributed by atoms with Crippen LogP contribution in [0.3, 0.4) is 0 Å². The largest absolute Gasteiger partial charge is 0.506 e. The Hall–Kier alpha value is -4.01. The number of phenolic OH excluding ortho intramolecular Hbond substituents is 1. The summed E-state index contributed by atoms with van der Waals surface area (Å²) < 4.78 is 30.1. The number of nitrogens with one attached hydrogen (secondary N) is 2. The van der Waals surface area contributed by atoms with Gasteiger partial charge in [-0.2, -0.15) is 0 Å². The van der Waals surface area contributed by atoms with E-state index in [4.69, 9.17) is 0 Å². The standard InChI is InChI=1S/C28H20N2O4S2/c1-16-9-11-17(12-10-16)35-24-15-23(18-5-2-3-6-19(18)27(24)31)30-36(33,34)25-14-13-22-26-20(25)7-4-8-21(26)28(32)29-22/h2-15,30-31H,1H3,(H,29,32). The molecule has 6 rings (SSSR count). The van der Waals surface area contributed by atoms with E-state index in [1.807, 2.05) is 31.2 Å². The van der Waals surface area contributed by atoms with Gasteiger partial charge in [0, 0.05) is 37.7 Å². The van der Waals surface area contributed by atoms with Crippen molar-refractivity contribution in [2.45, 2.75) is 21.6 Å². The molecule has 8 heteroatoms. The molecule has 36 heavy (non-hydrogen) atoms. The number of phenols is 1. The minimum atomic E-state index is -4.04. The van der Waals surface area contributed by atoms with Crippen LogP contribution in [0.1, 0.15) is 15.9 Å². The molecule has 1 aliphatic heterocycles. The summed E-state index contributed by atoms with van der Waals surface area (Å²) in [4.78, 5) is 13.8. The highest BCUT2D eigenvalue weighted by atomic mass is 32.2. The molecule has 0 aliphatic carbocycles. The van der Waals surface area contributed by atoms with Gasteiger partial charge in [-0.1, -0.05) is 65.9 Å². The smallest absolute Gasteiger partial charge is 0.262 e. The molecule has 0 atom stereocenters. The lowest BCUT2D eigenvalue weighted by Gasteiger charge is -2.16. The van der Waals surface area contributed by atoms with E-state index in [-0.39, 0.29) is 16.6 Å². The first kappa shape index (κ1) is 22.5. The van der Waals surface area contributed by atoms with E-state index in [0.717, 1.165) is 10.5 Å². The maximum absolute atomic E-state index is 13.7. The predicted octanol–water partition coefficient (Wildman–Crippen LogP) is 6.52. The zero-order chi connectivity index (χ0) is 25.0. The Morgan fingerprint density at radius 2 is 1.58 bits per heavy atom. The summed E-state index contributed by atoms with van der Waals surface area (Å²) >= 11 is 1.36.